The SMILES string of the molecule is CS(=O)(=O)N1CCCC(CNCC2CCC2)C1. The van der Waals surface area contributed by atoms with Crippen molar-refractivity contribution in [3.8, 4) is 0 Å². The minimum Gasteiger partial charge on any atom is -0.316 e. The molecule has 0 amide bonds. The quantitative estimate of drug-likeness (QED) is 0.804. The van der Waals surface area contributed by atoms with Crippen LogP contribution in [0.2, 0.25) is 0 Å². The van der Waals surface area contributed by atoms with Gasteiger partial charge in [-0.05, 0) is 50.6 Å². The van der Waals surface area contributed by atoms with E-state index < -0.39 is 10.0 Å². The summed E-state index contributed by atoms with van der Waals surface area (Å²) in [6.45, 7) is 3.51. The molecule has 17 heavy (non-hydrogen) atoms. The second-order valence-electron chi connectivity index (χ2n) is 5.58. The first-order valence-corrected chi connectivity index (χ1v) is 8.56. The van der Waals surface area contributed by atoms with Gasteiger partial charge in [-0.25, -0.2) is 12.7 Å². The number of nitrogens with zero attached hydrogens (tertiary/aromatic N) is 1. The summed E-state index contributed by atoms with van der Waals surface area (Å²) in [5.74, 6) is 1.38. The van der Waals surface area contributed by atoms with Crippen LogP contribution in [0.5, 0.6) is 0 Å². The Morgan fingerprint density at radius 3 is 2.35 bits per heavy atom. The molecule has 2 fully saturated rings. The van der Waals surface area contributed by atoms with Crippen molar-refractivity contribution in [2.75, 3.05) is 32.4 Å². The lowest BCUT2D eigenvalue weighted by atomic mass is 9.85. The maximum atomic E-state index is 11.5. The van der Waals surface area contributed by atoms with Crippen LogP contribution >= 0.6 is 0 Å². The third kappa shape index (κ3) is 3.93. The summed E-state index contributed by atoms with van der Waals surface area (Å²) in [6, 6.07) is 0. The summed E-state index contributed by atoms with van der Waals surface area (Å²) < 4.78 is 24.6. The van der Waals surface area contributed by atoms with Gasteiger partial charge in [0.2, 0.25) is 10.0 Å². The molecule has 0 radical (unpaired) electrons. The van der Waals surface area contributed by atoms with Crippen molar-refractivity contribution in [2.45, 2.75) is 32.1 Å². The molecule has 4 nitrogen and oxygen atoms in total. The second kappa shape index (κ2) is 5.67. The van der Waals surface area contributed by atoms with Crippen LogP contribution in [0.25, 0.3) is 0 Å². The highest BCUT2D eigenvalue weighted by Gasteiger charge is 2.26. The number of sulfonamides is 1. The van der Waals surface area contributed by atoms with Crippen molar-refractivity contribution in [3.63, 3.8) is 0 Å². The normalized spacial score (nSPS) is 27.9. The molecule has 2 aliphatic rings. The van der Waals surface area contributed by atoms with E-state index in [1.165, 1.54) is 25.5 Å². The molecule has 1 saturated heterocycles. The summed E-state index contributed by atoms with van der Waals surface area (Å²) in [6.07, 6.45) is 7.60. The topological polar surface area (TPSA) is 49.4 Å². The van der Waals surface area contributed by atoms with Crippen LogP contribution in [-0.4, -0.2) is 45.2 Å². The Morgan fingerprint density at radius 2 is 1.76 bits per heavy atom. The Bertz CT molecular complexity index is 338. The van der Waals surface area contributed by atoms with Gasteiger partial charge in [-0.2, -0.15) is 0 Å². The van der Waals surface area contributed by atoms with Gasteiger partial charge in [-0.15, -0.1) is 0 Å². The van der Waals surface area contributed by atoms with Crippen LogP contribution in [0.4, 0.5) is 0 Å². The maximum absolute atomic E-state index is 11.5. The van der Waals surface area contributed by atoms with Gasteiger partial charge in [0.1, 0.15) is 0 Å². The van der Waals surface area contributed by atoms with Gasteiger partial charge in [0.05, 0.1) is 6.26 Å². The van der Waals surface area contributed by atoms with Crippen molar-refractivity contribution in [2.24, 2.45) is 11.8 Å². The van der Waals surface area contributed by atoms with Crippen molar-refractivity contribution in [1.29, 1.82) is 0 Å². The van der Waals surface area contributed by atoms with Gasteiger partial charge in [0.25, 0.3) is 0 Å². The van der Waals surface area contributed by atoms with E-state index in [4.69, 9.17) is 0 Å². The van der Waals surface area contributed by atoms with Crippen molar-refractivity contribution in [3.05, 3.63) is 0 Å². The number of piperidine rings is 1. The minimum absolute atomic E-state index is 0.499. The number of hydrogen-bond acceptors (Lipinski definition) is 3. The Balaban J connectivity index is 1.69. The molecular weight excluding hydrogens is 236 g/mol. The fourth-order valence-electron chi connectivity index (χ4n) is 2.68. The van der Waals surface area contributed by atoms with Gasteiger partial charge < -0.3 is 5.32 Å². The summed E-state index contributed by atoms with van der Waals surface area (Å²) >= 11 is 0. The highest BCUT2D eigenvalue weighted by atomic mass is 32.2. The first-order valence-electron chi connectivity index (χ1n) is 6.71. The highest BCUT2D eigenvalue weighted by Crippen LogP contribution is 2.25. The second-order valence-corrected chi connectivity index (χ2v) is 7.57. The van der Waals surface area contributed by atoms with Crippen LogP contribution in [0.15, 0.2) is 0 Å². The van der Waals surface area contributed by atoms with E-state index in [0.717, 1.165) is 31.8 Å². The van der Waals surface area contributed by atoms with Crippen LogP contribution in [0, 0.1) is 11.8 Å². The zero-order valence-corrected chi connectivity index (χ0v) is 11.5. The summed E-state index contributed by atoms with van der Waals surface area (Å²) in [5, 5.41) is 3.51. The van der Waals surface area contributed by atoms with E-state index in [-0.39, 0.29) is 0 Å². The zero-order valence-electron chi connectivity index (χ0n) is 10.7. The van der Waals surface area contributed by atoms with Crippen LogP contribution in [-0.2, 0) is 10.0 Å². The van der Waals surface area contributed by atoms with Gasteiger partial charge in [0, 0.05) is 13.1 Å². The average Bonchev–Trinajstić information content (AvgIpc) is 2.21. The highest BCUT2D eigenvalue weighted by molar-refractivity contribution is 7.88. The first kappa shape index (κ1) is 13.3. The third-order valence-corrected chi connectivity index (χ3v) is 5.31. The van der Waals surface area contributed by atoms with E-state index in [1.54, 1.807) is 4.31 Å². The van der Waals surface area contributed by atoms with Crippen molar-refractivity contribution in [1.82, 2.24) is 9.62 Å². The molecule has 0 spiro atoms. The molecule has 1 aliphatic heterocycles. The van der Waals surface area contributed by atoms with Crippen LogP contribution in [0.3, 0.4) is 0 Å². The molecule has 0 bridgehead atoms. The Morgan fingerprint density at radius 1 is 1.12 bits per heavy atom. The zero-order chi connectivity index (χ0) is 12.3. The predicted octanol–water partition coefficient (Wildman–Crippen LogP) is 1.05. The smallest absolute Gasteiger partial charge is 0.211 e. The molecule has 100 valence electrons. The lowest BCUT2D eigenvalue weighted by Crippen LogP contribution is -2.43. The molecule has 0 aromatic heterocycles. The largest absolute Gasteiger partial charge is 0.316 e. The van der Waals surface area contributed by atoms with E-state index in [1.807, 2.05) is 0 Å². The fourth-order valence-corrected chi connectivity index (χ4v) is 3.63. The molecular formula is C12H24N2O2S. The van der Waals surface area contributed by atoms with Crippen LogP contribution < -0.4 is 5.32 Å². The lowest BCUT2D eigenvalue weighted by Gasteiger charge is -2.32. The molecule has 1 aliphatic carbocycles. The van der Waals surface area contributed by atoms with E-state index >= 15 is 0 Å². The van der Waals surface area contributed by atoms with E-state index in [2.05, 4.69) is 5.32 Å². The van der Waals surface area contributed by atoms with E-state index in [9.17, 15) is 8.42 Å². The minimum atomic E-state index is -2.99. The predicted molar refractivity (Wildman–Crippen MR) is 69.4 cm³/mol. The molecule has 0 aromatic rings. The molecule has 1 N–H and O–H groups in total. The number of rotatable bonds is 5. The first-order chi connectivity index (χ1) is 8.05. The lowest BCUT2D eigenvalue weighted by molar-refractivity contribution is 0.245. The Kier molecular flexibility index (Phi) is 4.44. The monoisotopic (exact) mass is 260 g/mol. The summed E-state index contributed by atoms with van der Waals surface area (Å²) in [4.78, 5) is 0. The third-order valence-electron chi connectivity index (χ3n) is 4.04. The molecule has 1 heterocycles. The number of hydrogen-bond donors (Lipinski definition) is 1. The van der Waals surface area contributed by atoms with Crippen LogP contribution in [0.1, 0.15) is 32.1 Å². The van der Waals surface area contributed by atoms with Gasteiger partial charge in [-0.3, -0.25) is 0 Å². The summed E-state index contributed by atoms with van der Waals surface area (Å²) in [5.41, 5.74) is 0. The fraction of sp³-hybridized carbons (Fsp3) is 1.00. The molecule has 0 aromatic carbocycles. The van der Waals surface area contributed by atoms with Crippen molar-refractivity contribution < 1.29 is 8.42 Å². The van der Waals surface area contributed by atoms with Crippen molar-refractivity contribution >= 4 is 10.0 Å². The number of nitrogens with one attached hydrogen (secondary N) is 1. The van der Waals surface area contributed by atoms with Gasteiger partial charge in [-0.1, -0.05) is 6.42 Å². The standard InChI is InChI=1S/C12H24N2O2S/c1-17(15,16)14-7-3-6-12(10-14)9-13-8-11-4-2-5-11/h11-13H,2-10H2,1H3. The molecule has 1 unspecified atom stereocenters. The molecule has 1 saturated carbocycles. The molecule has 1 atom stereocenters. The molecule has 2 rings (SSSR count). The summed E-state index contributed by atoms with van der Waals surface area (Å²) in [7, 11) is -2.99. The maximum Gasteiger partial charge on any atom is 0.211 e. The average molecular weight is 260 g/mol. The molecule has 5 heteroatoms. The van der Waals surface area contributed by atoms with E-state index in [0.29, 0.717) is 19.0 Å². The van der Waals surface area contributed by atoms with Gasteiger partial charge in [0.15, 0.2) is 0 Å². The Hall–Kier alpha value is -0.130. The Labute approximate surface area is 105 Å². The van der Waals surface area contributed by atoms with Gasteiger partial charge >= 0.3 is 0 Å².